The molecule has 0 unspecified atom stereocenters. The number of nitrogens with one attached hydrogen (secondary N) is 1. The molecule has 1 fully saturated rings. The highest BCUT2D eigenvalue weighted by atomic mass is 14.9. The maximum absolute atomic E-state index is 8.77. The molecule has 100 valence electrons. The molecule has 1 N–H and O–H groups in total. The molecule has 0 saturated heterocycles. The number of benzene rings is 2. The third kappa shape index (κ3) is 2.89. The fourth-order valence-electron chi connectivity index (χ4n) is 2.74. The first kappa shape index (κ1) is 12.9. The SMILES string of the molecule is N#Cc1ccc(CNC2CC(c3ccccc3)C2)cc1. The summed E-state index contributed by atoms with van der Waals surface area (Å²) in [6.45, 7) is 0.887. The summed E-state index contributed by atoms with van der Waals surface area (Å²) in [5.74, 6) is 0.717. The summed E-state index contributed by atoms with van der Waals surface area (Å²) < 4.78 is 0. The lowest BCUT2D eigenvalue weighted by atomic mass is 9.76. The fraction of sp³-hybridized carbons (Fsp3) is 0.278. The smallest absolute Gasteiger partial charge is 0.0991 e. The van der Waals surface area contributed by atoms with Crippen molar-refractivity contribution in [2.24, 2.45) is 0 Å². The molecule has 1 aliphatic carbocycles. The molecule has 1 aliphatic rings. The third-order valence-electron chi connectivity index (χ3n) is 4.09. The highest BCUT2D eigenvalue weighted by Crippen LogP contribution is 2.36. The van der Waals surface area contributed by atoms with Gasteiger partial charge in [0.05, 0.1) is 11.6 Å². The lowest BCUT2D eigenvalue weighted by Crippen LogP contribution is -2.39. The van der Waals surface area contributed by atoms with Crippen LogP contribution >= 0.6 is 0 Å². The summed E-state index contributed by atoms with van der Waals surface area (Å²) in [5.41, 5.74) is 3.43. The first-order valence-electron chi connectivity index (χ1n) is 7.12. The van der Waals surface area contributed by atoms with E-state index in [1.807, 2.05) is 24.3 Å². The van der Waals surface area contributed by atoms with Crippen molar-refractivity contribution in [3.05, 3.63) is 71.3 Å². The second kappa shape index (κ2) is 5.90. The van der Waals surface area contributed by atoms with Crippen molar-refractivity contribution in [1.29, 1.82) is 5.26 Å². The van der Waals surface area contributed by atoms with Crippen LogP contribution in [-0.2, 0) is 6.54 Å². The van der Waals surface area contributed by atoms with Crippen LogP contribution in [0.2, 0.25) is 0 Å². The molecule has 0 atom stereocenters. The highest BCUT2D eigenvalue weighted by Gasteiger charge is 2.29. The Bertz CT molecular complexity index is 590. The Kier molecular flexibility index (Phi) is 3.80. The van der Waals surface area contributed by atoms with Crippen LogP contribution in [0.3, 0.4) is 0 Å². The summed E-state index contributed by atoms with van der Waals surface area (Å²) in [4.78, 5) is 0. The lowest BCUT2D eigenvalue weighted by Gasteiger charge is -2.36. The van der Waals surface area contributed by atoms with E-state index < -0.39 is 0 Å². The highest BCUT2D eigenvalue weighted by molar-refractivity contribution is 5.31. The van der Waals surface area contributed by atoms with Gasteiger partial charge in [0.25, 0.3) is 0 Å². The van der Waals surface area contributed by atoms with Crippen molar-refractivity contribution in [3.63, 3.8) is 0 Å². The average molecular weight is 262 g/mol. The zero-order valence-corrected chi connectivity index (χ0v) is 11.4. The molecule has 1 saturated carbocycles. The largest absolute Gasteiger partial charge is 0.310 e. The van der Waals surface area contributed by atoms with Gasteiger partial charge in [0.2, 0.25) is 0 Å². The van der Waals surface area contributed by atoms with Gasteiger partial charge in [0, 0.05) is 12.6 Å². The van der Waals surface area contributed by atoms with Gasteiger partial charge in [-0.1, -0.05) is 42.5 Å². The van der Waals surface area contributed by atoms with Crippen LogP contribution in [0.15, 0.2) is 54.6 Å². The van der Waals surface area contributed by atoms with Gasteiger partial charge in [-0.2, -0.15) is 5.26 Å². The Morgan fingerprint density at radius 2 is 1.70 bits per heavy atom. The molecule has 0 spiro atoms. The summed E-state index contributed by atoms with van der Waals surface area (Å²) in [7, 11) is 0. The molecular formula is C18H18N2. The summed E-state index contributed by atoms with van der Waals surface area (Å²) >= 11 is 0. The monoisotopic (exact) mass is 262 g/mol. The molecule has 2 aromatic carbocycles. The second-order valence-corrected chi connectivity index (χ2v) is 5.47. The minimum absolute atomic E-state index is 0.621. The molecule has 20 heavy (non-hydrogen) atoms. The van der Waals surface area contributed by atoms with E-state index in [0.29, 0.717) is 6.04 Å². The summed E-state index contributed by atoms with van der Waals surface area (Å²) in [5, 5.41) is 12.4. The van der Waals surface area contributed by atoms with Crippen molar-refractivity contribution < 1.29 is 0 Å². The van der Waals surface area contributed by atoms with Crippen LogP contribution in [-0.4, -0.2) is 6.04 Å². The molecule has 2 heteroatoms. The minimum Gasteiger partial charge on any atom is -0.310 e. The molecule has 0 amide bonds. The third-order valence-corrected chi connectivity index (χ3v) is 4.09. The molecule has 0 bridgehead atoms. The van der Waals surface area contributed by atoms with Crippen LogP contribution in [0.1, 0.15) is 35.4 Å². The standard InChI is InChI=1S/C18H18N2/c19-12-14-6-8-15(9-7-14)13-20-18-10-17(11-18)16-4-2-1-3-5-16/h1-9,17-18,20H,10-11,13H2. The Morgan fingerprint density at radius 1 is 1.00 bits per heavy atom. The summed E-state index contributed by atoms with van der Waals surface area (Å²) in [6.07, 6.45) is 2.45. The van der Waals surface area contributed by atoms with E-state index >= 15 is 0 Å². The van der Waals surface area contributed by atoms with E-state index in [1.165, 1.54) is 24.0 Å². The van der Waals surface area contributed by atoms with Crippen molar-refractivity contribution in [1.82, 2.24) is 5.32 Å². The van der Waals surface area contributed by atoms with Gasteiger partial charge in [-0.25, -0.2) is 0 Å². The number of rotatable bonds is 4. The zero-order valence-electron chi connectivity index (χ0n) is 11.4. The first-order valence-corrected chi connectivity index (χ1v) is 7.12. The van der Waals surface area contributed by atoms with Crippen LogP contribution in [0.4, 0.5) is 0 Å². The minimum atomic E-state index is 0.621. The number of nitriles is 1. The van der Waals surface area contributed by atoms with E-state index in [0.717, 1.165) is 18.0 Å². The quantitative estimate of drug-likeness (QED) is 0.914. The van der Waals surface area contributed by atoms with E-state index in [9.17, 15) is 0 Å². The lowest BCUT2D eigenvalue weighted by molar-refractivity contribution is 0.289. The van der Waals surface area contributed by atoms with Gasteiger partial charge >= 0.3 is 0 Å². The predicted octanol–water partition coefficient (Wildman–Crippen LogP) is 3.59. The van der Waals surface area contributed by atoms with Gasteiger partial charge < -0.3 is 5.32 Å². The van der Waals surface area contributed by atoms with E-state index in [4.69, 9.17) is 5.26 Å². The second-order valence-electron chi connectivity index (χ2n) is 5.47. The molecule has 2 nitrogen and oxygen atoms in total. The van der Waals surface area contributed by atoms with E-state index in [-0.39, 0.29) is 0 Å². The van der Waals surface area contributed by atoms with Gasteiger partial charge in [0.15, 0.2) is 0 Å². The molecule has 0 radical (unpaired) electrons. The van der Waals surface area contributed by atoms with Crippen molar-refractivity contribution in [2.75, 3.05) is 0 Å². The maximum atomic E-state index is 8.77. The van der Waals surface area contributed by atoms with Crippen LogP contribution in [0.5, 0.6) is 0 Å². The average Bonchev–Trinajstić information content (AvgIpc) is 2.47. The van der Waals surface area contributed by atoms with Crippen molar-refractivity contribution in [2.45, 2.75) is 31.3 Å². The van der Waals surface area contributed by atoms with Crippen LogP contribution in [0.25, 0.3) is 0 Å². The Labute approximate surface area is 120 Å². The first-order chi connectivity index (χ1) is 9.85. The number of nitrogens with zero attached hydrogens (tertiary/aromatic N) is 1. The number of hydrogen-bond acceptors (Lipinski definition) is 2. The summed E-state index contributed by atoms with van der Waals surface area (Å²) in [6, 6.07) is 21.3. The maximum Gasteiger partial charge on any atom is 0.0991 e. The fourth-order valence-corrected chi connectivity index (χ4v) is 2.74. The van der Waals surface area contributed by atoms with Crippen LogP contribution in [0, 0.1) is 11.3 Å². The van der Waals surface area contributed by atoms with E-state index in [2.05, 4.69) is 41.7 Å². The Morgan fingerprint density at radius 3 is 2.35 bits per heavy atom. The Hall–Kier alpha value is -2.11. The van der Waals surface area contributed by atoms with Gasteiger partial charge in [-0.05, 0) is 42.0 Å². The van der Waals surface area contributed by atoms with Crippen LogP contribution < -0.4 is 5.32 Å². The van der Waals surface area contributed by atoms with Gasteiger partial charge in [0.1, 0.15) is 0 Å². The molecule has 0 heterocycles. The van der Waals surface area contributed by atoms with E-state index in [1.54, 1.807) is 0 Å². The molecule has 0 aliphatic heterocycles. The number of hydrogen-bond donors (Lipinski definition) is 1. The van der Waals surface area contributed by atoms with Gasteiger partial charge in [-0.3, -0.25) is 0 Å². The molecule has 3 rings (SSSR count). The normalized spacial score (nSPS) is 20.9. The van der Waals surface area contributed by atoms with Crippen molar-refractivity contribution >= 4 is 0 Å². The van der Waals surface area contributed by atoms with Gasteiger partial charge in [-0.15, -0.1) is 0 Å². The topological polar surface area (TPSA) is 35.8 Å². The molecular weight excluding hydrogens is 244 g/mol. The van der Waals surface area contributed by atoms with Crippen molar-refractivity contribution in [3.8, 4) is 6.07 Å². The zero-order chi connectivity index (χ0) is 13.8. The Balaban J connectivity index is 1.46. The molecule has 0 aromatic heterocycles. The predicted molar refractivity (Wildman–Crippen MR) is 80.2 cm³/mol. The molecule has 2 aromatic rings.